The first kappa shape index (κ1) is 17.9. The van der Waals surface area contributed by atoms with Gasteiger partial charge in [-0.3, -0.25) is 4.79 Å². The Labute approximate surface area is 168 Å². The summed E-state index contributed by atoms with van der Waals surface area (Å²) in [5.74, 6) is 0.575. The van der Waals surface area contributed by atoms with E-state index in [0.717, 1.165) is 52.8 Å². The van der Waals surface area contributed by atoms with Crippen LogP contribution in [0.25, 0.3) is 22.0 Å². The van der Waals surface area contributed by atoms with E-state index in [2.05, 4.69) is 21.7 Å². The van der Waals surface area contributed by atoms with Gasteiger partial charge in [-0.15, -0.1) is 0 Å². The molecule has 148 valence electrons. The van der Waals surface area contributed by atoms with Crippen LogP contribution in [0.1, 0.15) is 34.2 Å². The largest absolute Gasteiger partial charge is 0.451 e. The second-order valence-corrected chi connectivity index (χ2v) is 7.48. The Morgan fingerprint density at radius 2 is 2.14 bits per heavy atom. The number of nitrogens with zero attached hydrogens (tertiary/aromatic N) is 3. The average molecular weight is 389 g/mol. The summed E-state index contributed by atoms with van der Waals surface area (Å²) in [6, 6.07) is 11.7. The number of hydrogen-bond donors (Lipinski definition) is 2. The maximum absolute atomic E-state index is 12.6. The molecular formula is C22H23N5O2. The zero-order valence-corrected chi connectivity index (χ0v) is 16.3. The Kier molecular flexibility index (Phi) is 4.52. The smallest absolute Gasteiger partial charge is 0.287 e. The molecule has 0 radical (unpaired) electrons. The summed E-state index contributed by atoms with van der Waals surface area (Å²) in [5.41, 5.74) is 3.55. The van der Waals surface area contributed by atoms with E-state index in [1.54, 1.807) is 6.20 Å². The first-order valence-corrected chi connectivity index (χ1v) is 10.0. The maximum Gasteiger partial charge on any atom is 0.287 e. The highest BCUT2D eigenvalue weighted by Crippen LogP contribution is 2.28. The molecule has 3 aromatic heterocycles. The molecule has 0 bridgehead atoms. The fourth-order valence-corrected chi connectivity index (χ4v) is 4.13. The zero-order valence-electron chi connectivity index (χ0n) is 16.3. The summed E-state index contributed by atoms with van der Waals surface area (Å²) in [5, 5.41) is 13.3. The lowest BCUT2D eigenvalue weighted by Gasteiger charge is -2.06. The number of hydrogen-bond acceptors (Lipinski definition) is 5. The van der Waals surface area contributed by atoms with E-state index >= 15 is 0 Å². The van der Waals surface area contributed by atoms with Gasteiger partial charge in [0, 0.05) is 41.5 Å². The van der Waals surface area contributed by atoms with Crippen LogP contribution in [-0.2, 0) is 6.54 Å². The molecule has 0 spiro atoms. The van der Waals surface area contributed by atoms with Gasteiger partial charge in [0.15, 0.2) is 11.4 Å². The average Bonchev–Trinajstić information content (AvgIpc) is 3.47. The van der Waals surface area contributed by atoms with Crippen molar-refractivity contribution in [1.82, 2.24) is 25.4 Å². The second-order valence-electron chi connectivity index (χ2n) is 7.48. The van der Waals surface area contributed by atoms with Crippen LogP contribution in [0.2, 0.25) is 0 Å². The fraction of sp³-hybridized carbons (Fsp3) is 0.318. The molecule has 29 heavy (non-hydrogen) atoms. The van der Waals surface area contributed by atoms with Gasteiger partial charge in [-0.2, -0.15) is 5.10 Å². The number of nitrogens with one attached hydrogen (secondary N) is 2. The van der Waals surface area contributed by atoms with Crippen LogP contribution in [0.3, 0.4) is 0 Å². The predicted octanol–water partition coefficient (Wildman–Crippen LogP) is 2.99. The Morgan fingerprint density at radius 1 is 1.28 bits per heavy atom. The molecular weight excluding hydrogens is 366 g/mol. The van der Waals surface area contributed by atoms with Crippen molar-refractivity contribution in [3.8, 4) is 0 Å². The lowest BCUT2D eigenvalue weighted by molar-refractivity contribution is 0.0925. The number of pyridine rings is 1. The molecule has 1 saturated heterocycles. The highest BCUT2D eigenvalue weighted by Gasteiger charge is 2.23. The highest BCUT2D eigenvalue weighted by atomic mass is 16.3. The third kappa shape index (κ3) is 3.17. The number of aryl methyl sites for hydroxylation is 1. The van der Waals surface area contributed by atoms with E-state index in [1.807, 2.05) is 41.9 Å². The molecule has 1 unspecified atom stereocenters. The Morgan fingerprint density at radius 3 is 2.97 bits per heavy atom. The maximum atomic E-state index is 12.6. The van der Waals surface area contributed by atoms with E-state index in [-0.39, 0.29) is 5.91 Å². The van der Waals surface area contributed by atoms with Gasteiger partial charge in [-0.05, 0) is 38.1 Å². The number of carbonyl (C=O) groups excluding carboxylic acids is 1. The molecule has 4 aromatic rings. The Balaban J connectivity index is 1.33. The van der Waals surface area contributed by atoms with Crippen molar-refractivity contribution in [3.63, 3.8) is 0 Å². The molecule has 7 nitrogen and oxygen atoms in total. The van der Waals surface area contributed by atoms with Gasteiger partial charge < -0.3 is 15.1 Å². The van der Waals surface area contributed by atoms with Crippen LogP contribution in [-0.4, -0.2) is 40.3 Å². The molecule has 1 aromatic carbocycles. The van der Waals surface area contributed by atoms with Crippen molar-refractivity contribution >= 4 is 27.9 Å². The molecule has 1 amide bonds. The van der Waals surface area contributed by atoms with Crippen LogP contribution >= 0.6 is 0 Å². The number of rotatable bonds is 5. The number of fused-ring (bicyclic) bond motifs is 2. The van der Waals surface area contributed by atoms with Crippen molar-refractivity contribution in [1.29, 1.82) is 0 Å². The normalized spacial score (nSPS) is 16.7. The monoisotopic (exact) mass is 389 g/mol. The minimum absolute atomic E-state index is 0.205. The number of benzene rings is 1. The highest BCUT2D eigenvalue weighted by molar-refractivity contribution is 5.98. The van der Waals surface area contributed by atoms with E-state index in [9.17, 15) is 4.79 Å². The molecule has 1 aliphatic heterocycles. The van der Waals surface area contributed by atoms with Gasteiger partial charge in [-0.25, -0.2) is 9.67 Å². The van der Waals surface area contributed by atoms with E-state index in [0.29, 0.717) is 24.8 Å². The lowest BCUT2D eigenvalue weighted by Crippen LogP contribution is -2.27. The van der Waals surface area contributed by atoms with E-state index < -0.39 is 0 Å². The first-order chi connectivity index (χ1) is 14.2. The number of carbonyl (C=O) groups is 1. The van der Waals surface area contributed by atoms with Gasteiger partial charge in [0.2, 0.25) is 0 Å². The molecule has 2 N–H and O–H groups in total. The van der Waals surface area contributed by atoms with Crippen LogP contribution < -0.4 is 10.6 Å². The quantitative estimate of drug-likeness (QED) is 0.548. The summed E-state index contributed by atoms with van der Waals surface area (Å²) < 4.78 is 7.65. The molecule has 0 aliphatic carbocycles. The van der Waals surface area contributed by atoms with Crippen molar-refractivity contribution < 1.29 is 9.21 Å². The molecule has 5 rings (SSSR count). The summed E-state index contributed by atoms with van der Waals surface area (Å²) in [7, 11) is 0. The van der Waals surface area contributed by atoms with Gasteiger partial charge in [0.25, 0.3) is 5.91 Å². The predicted molar refractivity (Wildman–Crippen MR) is 111 cm³/mol. The minimum atomic E-state index is -0.205. The standard InChI is InChI=1S/C22H23N5O2/c1-14-16-5-2-3-7-18(16)29-20(14)22(28)25-11-12-27-21-17(6-4-9-24-21)19(26-27)15-8-10-23-13-15/h2-7,9,15,23H,8,10-13H2,1H3,(H,25,28). The van der Waals surface area contributed by atoms with Gasteiger partial charge in [-0.1, -0.05) is 18.2 Å². The second kappa shape index (κ2) is 7.33. The molecule has 0 saturated carbocycles. The van der Waals surface area contributed by atoms with Gasteiger partial charge in [0.1, 0.15) is 5.58 Å². The lowest BCUT2D eigenvalue weighted by atomic mass is 10.0. The summed E-state index contributed by atoms with van der Waals surface area (Å²) >= 11 is 0. The van der Waals surface area contributed by atoms with Crippen LogP contribution in [0.5, 0.6) is 0 Å². The molecule has 1 atom stereocenters. The van der Waals surface area contributed by atoms with Gasteiger partial charge >= 0.3 is 0 Å². The van der Waals surface area contributed by atoms with E-state index in [4.69, 9.17) is 9.52 Å². The summed E-state index contributed by atoms with van der Waals surface area (Å²) in [6.45, 7) is 4.88. The van der Waals surface area contributed by atoms with Crippen LogP contribution in [0, 0.1) is 6.92 Å². The topological polar surface area (TPSA) is 85.0 Å². The van der Waals surface area contributed by atoms with E-state index in [1.165, 1.54) is 0 Å². The SMILES string of the molecule is Cc1c(C(=O)NCCn2nc(C3CCNC3)c3cccnc32)oc2ccccc12. The number of furan rings is 1. The van der Waals surface area contributed by atoms with Crippen LogP contribution in [0.15, 0.2) is 47.0 Å². The Hall–Kier alpha value is -3.19. The van der Waals surface area contributed by atoms with Crippen molar-refractivity contribution in [2.75, 3.05) is 19.6 Å². The first-order valence-electron chi connectivity index (χ1n) is 10.0. The number of amides is 1. The minimum Gasteiger partial charge on any atom is -0.451 e. The summed E-state index contributed by atoms with van der Waals surface area (Å²) in [6.07, 6.45) is 2.87. The summed E-state index contributed by atoms with van der Waals surface area (Å²) in [4.78, 5) is 17.2. The third-order valence-corrected chi connectivity index (χ3v) is 5.64. The third-order valence-electron chi connectivity index (χ3n) is 5.64. The van der Waals surface area contributed by atoms with Crippen molar-refractivity contribution in [2.24, 2.45) is 0 Å². The molecule has 1 fully saturated rings. The zero-order chi connectivity index (χ0) is 19.8. The number of aromatic nitrogens is 3. The van der Waals surface area contributed by atoms with Gasteiger partial charge in [0.05, 0.1) is 12.2 Å². The Bertz CT molecular complexity index is 1190. The van der Waals surface area contributed by atoms with Crippen LogP contribution in [0.4, 0.5) is 0 Å². The molecule has 1 aliphatic rings. The fourth-order valence-electron chi connectivity index (χ4n) is 4.13. The molecule has 7 heteroatoms. The van der Waals surface area contributed by atoms with Crippen molar-refractivity contribution in [3.05, 3.63) is 59.6 Å². The number of para-hydroxylation sites is 1. The molecule has 4 heterocycles. The van der Waals surface area contributed by atoms with Crippen molar-refractivity contribution in [2.45, 2.75) is 25.8 Å².